The van der Waals surface area contributed by atoms with Crippen LogP contribution in [0.1, 0.15) is 36.0 Å². The van der Waals surface area contributed by atoms with Gasteiger partial charge in [-0.3, -0.25) is 9.59 Å². The minimum Gasteiger partial charge on any atom is -0.507 e. The van der Waals surface area contributed by atoms with E-state index >= 15 is 0 Å². The third kappa shape index (κ3) is 4.17. The van der Waals surface area contributed by atoms with Crippen LogP contribution in [0.2, 0.25) is 0 Å². The molecule has 2 aromatic carbocycles. The molecule has 25 heavy (non-hydrogen) atoms. The van der Waals surface area contributed by atoms with E-state index in [9.17, 15) is 14.7 Å². The van der Waals surface area contributed by atoms with Crippen LogP contribution >= 0.6 is 0 Å². The second-order valence-electron chi connectivity index (χ2n) is 6.35. The number of aldehydes is 1. The van der Waals surface area contributed by atoms with E-state index < -0.39 is 0 Å². The number of fused-ring (bicyclic) bond motifs is 1. The van der Waals surface area contributed by atoms with E-state index in [0.29, 0.717) is 24.0 Å². The molecule has 0 radical (unpaired) electrons. The summed E-state index contributed by atoms with van der Waals surface area (Å²) in [6, 6.07) is 8.50. The summed E-state index contributed by atoms with van der Waals surface area (Å²) in [5, 5.41) is 11.2. The predicted octanol–water partition coefficient (Wildman–Crippen LogP) is 3.51. The van der Waals surface area contributed by atoms with Gasteiger partial charge in [-0.2, -0.15) is 0 Å². The molecule has 1 unspecified atom stereocenters. The second-order valence-corrected chi connectivity index (χ2v) is 6.35. The lowest BCUT2D eigenvalue weighted by molar-refractivity contribution is -0.126. The number of ketones is 1. The summed E-state index contributed by atoms with van der Waals surface area (Å²) in [5.74, 6) is 0.509. The van der Waals surface area contributed by atoms with Crippen molar-refractivity contribution in [2.75, 3.05) is 19.8 Å². The highest BCUT2D eigenvalue weighted by Crippen LogP contribution is 2.29. The fourth-order valence-electron chi connectivity index (χ4n) is 3.19. The number of carbonyl (C=O) groups is 2. The molecule has 132 valence electrons. The van der Waals surface area contributed by atoms with Gasteiger partial charge in [-0.1, -0.05) is 18.6 Å². The van der Waals surface area contributed by atoms with Crippen LogP contribution in [0.25, 0.3) is 10.8 Å². The molecule has 0 aromatic heterocycles. The molecular weight excluding hydrogens is 320 g/mol. The highest BCUT2D eigenvalue weighted by molar-refractivity contribution is 6.01. The Balaban J connectivity index is 1.70. The van der Waals surface area contributed by atoms with Crippen LogP contribution in [0.15, 0.2) is 30.3 Å². The molecule has 1 saturated heterocycles. The van der Waals surface area contributed by atoms with E-state index in [-0.39, 0.29) is 29.6 Å². The zero-order chi connectivity index (χ0) is 17.6. The normalized spacial score (nSPS) is 18.3. The molecule has 1 N–H and O–H groups in total. The van der Waals surface area contributed by atoms with Crippen molar-refractivity contribution in [2.24, 2.45) is 5.92 Å². The van der Waals surface area contributed by atoms with E-state index in [1.807, 2.05) is 6.07 Å². The molecule has 2 aromatic rings. The van der Waals surface area contributed by atoms with E-state index in [0.717, 1.165) is 37.7 Å². The number of phenols is 1. The van der Waals surface area contributed by atoms with Gasteiger partial charge in [0.15, 0.2) is 12.1 Å². The van der Waals surface area contributed by atoms with E-state index in [2.05, 4.69) is 0 Å². The third-order valence-electron chi connectivity index (χ3n) is 4.67. The number of benzene rings is 2. The van der Waals surface area contributed by atoms with Gasteiger partial charge < -0.3 is 14.6 Å². The second kappa shape index (κ2) is 8.12. The molecule has 0 bridgehead atoms. The van der Waals surface area contributed by atoms with Gasteiger partial charge in [0.2, 0.25) is 0 Å². The first kappa shape index (κ1) is 17.4. The SMILES string of the molecule is O=Cc1c(O)ccc2ccc(OCC(=O)C3CCCCOCC3)cc12. The fraction of sp³-hybridized carbons (Fsp3) is 0.400. The Morgan fingerprint density at radius 2 is 2.04 bits per heavy atom. The van der Waals surface area contributed by atoms with Gasteiger partial charge in [-0.15, -0.1) is 0 Å². The van der Waals surface area contributed by atoms with Gasteiger partial charge in [0.25, 0.3) is 0 Å². The summed E-state index contributed by atoms with van der Waals surface area (Å²) in [6.45, 7) is 1.40. The number of rotatable bonds is 5. The van der Waals surface area contributed by atoms with Crippen LogP contribution in [0.4, 0.5) is 0 Å². The first-order chi connectivity index (χ1) is 12.2. The molecule has 1 fully saturated rings. The first-order valence-corrected chi connectivity index (χ1v) is 8.63. The summed E-state index contributed by atoms with van der Waals surface area (Å²) < 4.78 is 11.1. The monoisotopic (exact) mass is 342 g/mol. The lowest BCUT2D eigenvalue weighted by Gasteiger charge is -2.19. The molecule has 3 rings (SSSR count). The molecule has 0 amide bonds. The third-order valence-corrected chi connectivity index (χ3v) is 4.67. The zero-order valence-corrected chi connectivity index (χ0v) is 14.1. The lowest BCUT2D eigenvalue weighted by atomic mass is 9.94. The number of aromatic hydroxyl groups is 1. The fourth-order valence-corrected chi connectivity index (χ4v) is 3.19. The molecule has 0 spiro atoms. The number of Topliss-reactive ketones (excluding diaryl/α,β-unsaturated/α-hetero) is 1. The van der Waals surface area contributed by atoms with Crippen LogP contribution in [0.5, 0.6) is 11.5 Å². The minimum atomic E-state index is -0.0646. The Kier molecular flexibility index (Phi) is 5.66. The van der Waals surface area contributed by atoms with Gasteiger partial charge in [0.05, 0.1) is 5.56 Å². The van der Waals surface area contributed by atoms with Gasteiger partial charge in [0.1, 0.15) is 18.1 Å². The number of hydrogen-bond acceptors (Lipinski definition) is 5. The number of hydrogen-bond donors (Lipinski definition) is 1. The van der Waals surface area contributed by atoms with Crippen molar-refractivity contribution in [3.63, 3.8) is 0 Å². The van der Waals surface area contributed by atoms with E-state index in [4.69, 9.17) is 9.47 Å². The predicted molar refractivity (Wildman–Crippen MR) is 94.3 cm³/mol. The van der Waals surface area contributed by atoms with E-state index in [1.54, 1.807) is 18.2 Å². The Labute approximate surface area is 146 Å². The molecule has 1 aliphatic heterocycles. The van der Waals surface area contributed by atoms with Crippen molar-refractivity contribution in [3.05, 3.63) is 35.9 Å². The van der Waals surface area contributed by atoms with Gasteiger partial charge >= 0.3 is 0 Å². The number of carbonyl (C=O) groups excluding carboxylic acids is 2. The number of ether oxygens (including phenoxy) is 2. The van der Waals surface area contributed by atoms with Gasteiger partial charge in [-0.25, -0.2) is 0 Å². The lowest BCUT2D eigenvalue weighted by Crippen LogP contribution is -2.24. The van der Waals surface area contributed by atoms with Crippen LogP contribution < -0.4 is 4.74 Å². The van der Waals surface area contributed by atoms with Crippen molar-refractivity contribution >= 4 is 22.8 Å². The molecule has 5 nitrogen and oxygen atoms in total. The topological polar surface area (TPSA) is 72.8 Å². The van der Waals surface area contributed by atoms with Crippen molar-refractivity contribution < 1.29 is 24.2 Å². The summed E-state index contributed by atoms with van der Waals surface area (Å²) in [6.07, 6.45) is 4.23. The smallest absolute Gasteiger partial charge is 0.173 e. The summed E-state index contributed by atoms with van der Waals surface area (Å²) in [4.78, 5) is 23.6. The summed E-state index contributed by atoms with van der Waals surface area (Å²) in [5.41, 5.74) is 0.228. The van der Waals surface area contributed by atoms with Gasteiger partial charge in [0, 0.05) is 19.1 Å². The van der Waals surface area contributed by atoms with Crippen molar-refractivity contribution in [1.82, 2.24) is 0 Å². The Hall–Kier alpha value is -2.40. The first-order valence-electron chi connectivity index (χ1n) is 8.63. The molecule has 1 heterocycles. The Morgan fingerprint density at radius 3 is 2.88 bits per heavy atom. The van der Waals surface area contributed by atoms with Crippen molar-refractivity contribution in [2.45, 2.75) is 25.7 Å². The highest BCUT2D eigenvalue weighted by Gasteiger charge is 2.20. The zero-order valence-electron chi connectivity index (χ0n) is 14.1. The van der Waals surface area contributed by atoms with E-state index in [1.165, 1.54) is 6.07 Å². The highest BCUT2D eigenvalue weighted by atomic mass is 16.5. The summed E-state index contributed by atoms with van der Waals surface area (Å²) >= 11 is 0. The van der Waals surface area contributed by atoms with Crippen LogP contribution in [-0.4, -0.2) is 37.0 Å². The molecule has 5 heteroatoms. The summed E-state index contributed by atoms with van der Waals surface area (Å²) in [7, 11) is 0. The van der Waals surface area contributed by atoms with Crippen LogP contribution in [0.3, 0.4) is 0 Å². The maximum Gasteiger partial charge on any atom is 0.173 e. The Morgan fingerprint density at radius 1 is 1.20 bits per heavy atom. The molecule has 0 saturated carbocycles. The Bertz CT molecular complexity index is 760. The average Bonchev–Trinajstić information content (AvgIpc) is 2.59. The number of phenolic OH excluding ortho intramolecular Hbond substituents is 1. The largest absolute Gasteiger partial charge is 0.507 e. The van der Waals surface area contributed by atoms with Crippen molar-refractivity contribution in [1.29, 1.82) is 0 Å². The standard InChI is InChI=1S/C20H22O5/c21-12-18-17-11-16(6-4-14(17)5-7-19(18)22)25-13-20(23)15-3-1-2-9-24-10-8-15/h4-7,11-12,15,22H,1-3,8-10,13H2. The molecular formula is C20H22O5. The van der Waals surface area contributed by atoms with Gasteiger partial charge in [-0.05, 0) is 48.2 Å². The quantitative estimate of drug-likeness (QED) is 0.842. The van der Waals surface area contributed by atoms with Crippen LogP contribution in [-0.2, 0) is 9.53 Å². The maximum atomic E-state index is 12.4. The van der Waals surface area contributed by atoms with Crippen molar-refractivity contribution in [3.8, 4) is 11.5 Å². The van der Waals surface area contributed by atoms with Crippen LogP contribution in [0, 0.1) is 5.92 Å². The maximum absolute atomic E-state index is 12.4. The average molecular weight is 342 g/mol. The molecule has 1 aliphatic rings. The molecule has 1 atom stereocenters. The molecule has 0 aliphatic carbocycles. The minimum absolute atomic E-state index is 0.00537.